The highest BCUT2D eigenvalue weighted by atomic mass is 79.9. The molecular weight excluding hydrogens is 440 g/mol. The minimum Gasteiger partial charge on any atom is -0.0605 e. The van der Waals surface area contributed by atoms with E-state index >= 15 is 0 Å². The Balaban J connectivity index is 3.02. The summed E-state index contributed by atoms with van der Waals surface area (Å²) in [6, 6.07) is 8.18. The van der Waals surface area contributed by atoms with Crippen LogP contribution in [0.5, 0.6) is 0 Å². The number of hydrogen-bond donors (Lipinski definition) is 0. The van der Waals surface area contributed by atoms with Crippen LogP contribution in [0.3, 0.4) is 0 Å². The van der Waals surface area contributed by atoms with Crippen molar-refractivity contribution in [3.63, 3.8) is 0 Å². The van der Waals surface area contributed by atoms with Crippen molar-refractivity contribution < 1.29 is 0 Å². The van der Waals surface area contributed by atoms with Crippen LogP contribution >= 0.6 is 63.7 Å². The van der Waals surface area contributed by atoms with Crippen LogP contribution in [0.25, 0.3) is 10.8 Å². The molecule has 0 saturated heterocycles. The van der Waals surface area contributed by atoms with Crippen LogP contribution in [0.1, 0.15) is 0 Å². The lowest BCUT2D eigenvalue weighted by atomic mass is 10.1. The second-order valence-corrected chi connectivity index (χ2v) is 6.17. The van der Waals surface area contributed by atoms with Crippen molar-refractivity contribution in [1.29, 1.82) is 0 Å². The Labute approximate surface area is 116 Å². The average Bonchev–Trinajstić information content (AvgIpc) is 2.14. The highest BCUT2D eigenvalue weighted by molar-refractivity contribution is 9.13. The van der Waals surface area contributed by atoms with E-state index in [-0.39, 0.29) is 0 Å². The zero-order valence-electron chi connectivity index (χ0n) is 6.82. The van der Waals surface area contributed by atoms with Gasteiger partial charge < -0.3 is 0 Å². The first-order chi connectivity index (χ1) is 6.61. The zero-order chi connectivity index (χ0) is 10.3. The lowest BCUT2D eigenvalue weighted by Gasteiger charge is -2.07. The number of halogens is 4. The molecule has 0 amide bonds. The van der Waals surface area contributed by atoms with Crippen molar-refractivity contribution in [1.82, 2.24) is 0 Å². The topological polar surface area (TPSA) is 0 Å². The number of fused-ring (bicyclic) bond motifs is 1. The van der Waals surface area contributed by atoms with Gasteiger partial charge in [0.25, 0.3) is 0 Å². The van der Waals surface area contributed by atoms with E-state index in [0.717, 1.165) is 17.9 Å². The van der Waals surface area contributed by atoms with Crippen LogP contribution in [-0.4, -0.2) is 0 Å². The third-order valence-electron chi connectivity index (χ3n) is 1.95. The Hall–Kier alpha value is 0.620. The zero-order valence-corrected chi connectivity index (χ0v) is 13.2. The maximum absolute atomic E-state index is 3.56. The molecule has 0 nitrogen and oxygen atoms in total. The third kappa shape index (κ3) is 1.82. The van der Waals surface area contributed by atoms with Gasteiger partial charge in [0.05, 0.1) is 0 Å². The summed E-state index contributed by atoms with van der Waals surface area (Å²) < 4.78 is 4.30. The largest absolute Gasteiger partial charge is 0.0605 e. The molecule has 2 aromatic carbocycles. The number of rotatable bonds is 0. The van der Waals surface area contributed by atoms with E-state index in [1.165, 1.54) is 10.8 Å². The molecule has 4 heteroatoms. The monoisotopic (exact) mass is 440 g/mol. The predicted molar refractivity (Wildman–Crippen MR) is 74.7 cm³/mol. The maximum Gasteiger partial charge on any atom is 0.0397 e. The summed E-state index contributed by atoms with van der Waals surface area (Å²) in [6.07, 6.45) is 0. The Morgan fingerprint density at radius 1 is 0.786 bits per heavy atom. The maximum atomic E-state index is 3.56. The quantitative estimate of drug-likeness (QED) is 0.445. The summed E-state index contributed by atoms with van der Waals surface area (Å²) in [7, 11) is 0. The van der Waals surface area contributed by atoms with E-state index in [1.807, 2.05) is 18.2 Å². The fourth-order valence-electron chi connectivity index (χ4n) is 1.33. The van der Waals surface area contributed by atoms with E-state index in [2.05, 4.69) is 69.8 Å². The van der Waals surface area contributed by atoms with Gasteiger partial charge in [-0.2, -0.15) is 0 Å². The van der Waals surface area contributed by atoms with Gasteiger partial charge in [0.15, 0.2) is 0 Å². The molecule has 0 N–H and O–H groups in total. The van der Waals surface area contributed by atoms with Gasteiger partial charge in [0.2, 0.25) is 0 Å². The van der Waals surface area contributed by atoms with Crippen molar-refractivity contribution in [3.05, 3.63) is 42.2 Å². The molecule has 14 heavy (non-hydrogen) atoms. The smallest absolute Gasteiger partial charge is 0.0397 e. The molecule has 2 aromatic rings. The summed E-state index contributed by atoms with van der Waals surface area (Å²) in [5.41, 5.74) is 0. The average molecular weight is 444 g/mol. The molecule has 0 spiro atoms. The molecule has 0 radical (unpaired) electrons. The second kappa shape index (κ2) is 4.24. The molecule has 0 heterocycles. The Morgan fingerprint density at radius 2 is 1.50 bits per heavy atom. The Kier molecular flexibility index (Phi) is 3.37. The van der Waals surface area contributed by atoms with E-state index < -0.39 is 0 Å². The van der Waals surface area contributed by atoms with Crippen molar-refractivity contribution in [2.75, 3.05) is 0 Å². The SMILES string of the molecule is Brc1cc(Br)c2c(Br)cccc2c1Br. The lowest BCUT2D eigenvalue weighted by Crippen LogP contribution is -1.80. The highest BCUT2D eigenvalue weighted by Gasteiger charge is 2.09. The summed E-state index contributed by atoms with van der Waals surface area (Å²) in [4.78, 5) is 0. The van der Waals surface area contributed by atoms with Crippen LogP contribution < -0.4 is 0 Å². The fraction of sp³-hybridized carbons (Fsp3) is 0. The summed E-state index contributed by atoms with van der Waals surface area (Å²) in [5, 5.41) is 2.36. The van der Waals surface area contributed by atoms with Gasteiger partial charge in [-0.15, -0.1) is 0 Å². The van der Waals surface area contributed by atoms with Crippen LogP contribution in [-0.2, 0) is 0 Å². The van der Waals surface area contributed by atoms with E-state index in [0.29, 0.717) is 0 Å². The van der Waals surface area contributed by atoms with Crippen molar-refractivity contribution >= 4 is 74.5 Å². The predicted octanol–water partition coefficient (Wildman–Crippen LogP) is 5.89. The molecule has 2 rings (SSSR count). The third-order valence-corrected chi connectivity index (χ3v) is 5.25. The minimum absolute atomic E-state index is 1.05. The van der Waals surface area contributed by atoms with Crippen LogP contribution in [0.15, 0.2) is 42.2 Å². The summed E-state index contributed by atoms with van der Waals surface area (Å²) >= 11 is 14.2. The fourth-order valence-corrected chi connectivity index (χ4v) is 4.02. The minimum atomic E-state index is 1.05. The highest BCUT2D eigenvalue weighted by Crippen LogP contribution is 2.39. The first-order valence-electron chi connectivity index (χ1n) is 3.83. The normalized spacial score (nSPS) is 10.9. The number of benzene rings is 2. The van der Waals surface area contributed by atoms with E-state index in [4.69, 9.17) is 0 Å². The molecule has 0 aliphatic rings. The van der Waals surface area contributed by atoms with Gasteiger partial charge in [-0.25, -0.2) is 0 Å². The first-order valence-corrected chi connectivity index (χ1v) is 7.00. The van der Waals surface area contributed by atoms with Gasteiger partial charge in [0.1, 0.15) is 0 Å². The second-order valence-electron chi connectivity index (χ2n) is 2.82. The Bertz CT molecular complexity index is 505. The molecule has 72 valence electrons. The molecule has 0 fully saturated rings. The van der Waals surface area contributed by atoms with Gasteiger partial charge in [-0.1, -0.05) is 44.0 Å². The molecule has 0 unspecified atom stereocenters. The standard InChI is InChI=1S/C10H4Br4/c11-6-3-1-2-5-9(6)7(12)4-8(13)10(5)14/h1-4H. The Morgan fingerprint density at radius 3 is 2.21 bits per heavy atom. The van der Waals surface area contributed by atoms with Gasteiger partial charge in [0, 0.05) is 23.3 Å². The van der Waals surface area contributed by atoms with Crippen molar-refractivity contribution in [3.8, 4) is 0 Å². The van der Waals surface area contributed by atoms with Gasteiger partial charge in [-0.3, -0.25) is 0 Å². The molecular formula is C10H4Br4. The van der Waals surface area contributed by atoms with E-state index in [9.17, 15) is 0 Å². The molecule has 0 bridgehead atoms. The molecule has 0 saturated carbocycles. The first kappa shape index (κ1) is 11.1. The van der Waals surface area contributed by atoms with Gasteiger partial charge >= 0.3 is 0 Å². The molecule has 0 atom stereocenters. The summed E-state index contributed by atoms with van der Waals surface area (Å²) in [5.74, 6) is 0. The molecule has 0 aliphatic heterocycles. The van der Waals surface area contributed by atoms with E-state index in [1.54, 1.807) is 0 Å². The number of hydrogen-bond acceptors (Lipinski definition) is 0. The van der Waals surface area contributed by atoms with Gasteiger partial charge in [-0.05, 0) is 49.4 Å². The van der Waals surface area contributed by atoms with Crippen LogP contribution in [0.4, 0.5) is 0 Å². The van der Waals surface area contributed by atoms with Crippen LogP contribution in [0.2, 0.25) is 0 Å². The van der Waals surface area contributed by atoms with Crippen molar-refractivity contribution in [2.45, 2.75) is 0 Å². The molecule has 0 aromatic heterocycles. The molecule has 0 aliphatic carbocycles. The van der Waals surface area contributed by atoms with Crippen LogP contribution in [0, 0.1) is 0 Å². The van der Waals surface area contributed by atoms with Crippen molar-refractivity contribution in [2.24, 2.45) is 0 Å². The summed E-state index contributed by atoms with van der Waals surface area (Å²) in [6.45, 7) is 0. The lowest BCUT2D eigenvalue weighted by molar-refractivity contribution is 1.60.